The van der Waals surface area contributed by atoms with E-state index in [2.05, 4.69) is 28.6 Å². The lowest BCUT2D eigenvalue weighted by Gasteiger charge is -2.67. The minimum Gasteiger partial charge on any atom is -0.486 e. The van der Waals surface area contributed by atoms with Crippen LogP contribution in [0.1, 0.15) is 76.4 Å². The quantitative estimate of drug-likeness (QED) is 0.304. The number of aromatic nitrogens is 3. The van der Waals surface area contributed by atoms with Gasteiger partial charge in [-0.2, -0.15) is 0 Å². The number of fused-ring (bicyclic) bond motifs is 1. The number of carbonyl (C=O) groups is 2. The van der Waals surface area contributed by atoms with E-state index in [1.165, 1.54) is 0 Å². The molecule has 6 atom stereocenters. The molecule has 3 heterocycles. The minimum atomic E-state index is -1.26. The Kier molecular flexibility index (Phi) is 7.30. The van der Waals surface area contributed by atoms with Crippen LogP contribution in [0, 0.1) is 17.8 Å². The molecule has 4 aliphatic rings. The van der Waals surface area contributed by atoms with Gasteiger partial charge in [-0.05, 0) is 65.6 Å². The van der Waals surface area contributed by atoms with E-state index in [4.69, 9.17) is 19.9 Å². The lowest BCUT2D eigenvalue weighted by Crippen LogP contribution is -2.86. The minimum absolute atomic E-state index is 0.0639. The molecule has 2 aliphatic heterocycles. The van der Waals surface area contributed by atoms with Gasteiger partial charge in [0.2, 0.25) is 0 Å². The van der Waals surface area contributed by atoms with Crippen molar-refractivity contribution in [1.82, 2.24) is 20.3 Å². The highest BCUT2D eigenvalue weighted by Gasteiger charge is 2.90. The van der Waals surface area contributed by atoms with E-state index >= 15 is 0 Å². The third kappa shape index (κ3) is 4.17. The van der Waals surface area contributed by atoms with Gasteiger partial charge in [-0.1, -0.05) is 36.3 Å². The van der Waals surface area contributed by atoms with Crippen molar-refractivity contribution in [3.05, 3.63) is 47.3 Å². The molecular formula is C32H43N5O5. The van der Waals surface area contributed by atoms with Crippen molar-refractivity contribution in [1.29, 1.82) is 0 Å². The molecule has 2 aromatic rings. The van der Waals surface area contributed by atoms with Gasteiger partial charge < -0.3 is 25.3 Å². The first-order valence-electron chi connectivity index (χ1n) is 15.3. The van der Waals surface area contributed by atoms with E-state index < -0.39 is 28.8 Å². The number of ketones is 2. The largest absolute Gasteiger partial charge is 0.486 e. The average Bonchev–Trinajstić information content (AvgIpc) is 3.42. The zero-order chi connectivity index (χ0) is 29.9. The Morgan fingerprint density at radius 1 is 1.26 bits per heavy atom. The van der Waals surface area contributed by atoms with Gasteiger partial charge in [-0.15, -0.1) is 5.10 Å². The maximum Gasteiger partial charge on any atom is 0.185 e. The Hall–Kier alpha value is -3.08. The highest BCUT2D eigenvalue weighted by molar-refractivity contribution is 6.10. The van der Waals surface area contributed by atoms with Gasteiger partial charge in [0.15, 0.2) is 22.8 Å². The second-order valence-corrected chi connectivity index (χ2v) is 13.1. The molecule has 42 heavy (non-hydrogen) atoms. The molecule has 1 aromatic carbocycles. The number of nitrogens with zero attached hydrogens (tertiary/aromatic N) is 3. The van der Waals surface area contributed by atoms with Crippen LogP contribution in [0.15, 0.2) is 36.0 Å². The second kappa shape index (κ2) is 10.6. The maximum atomic E-state index is 14.5. The summed E-state index contributed by atoms with van der Waals surface area (Å²) in [6.45, 7) is 12.9. The van der Waals surface area contributed by atoms with Crippen molar-refractivity contribution in [3.63, 3.8) is 0 Å². The number of nitrogens with one attached hydrogen (secondary N) is 1. The fourth-order valence-electron chi connectivity index (χ4n) is 7.95. The average molecular weight is 578 g/mol. The summed E-state index contributed by atoms with van der Waals surface area (Å²) in [6, 6.07) is 4.74. The summed E-state index contributed by atoms with van der Waals surface area (Å²) in [6.07, 6.45) is 7.19. The van der Waals surface area contributed by atoms with Crippen molar-refractivity contribution in [3.8, 4) is 11.5 Å². The Labute approximate surface area is 247 Å². The number of rotatable bonds is 11. The van der Waals surface area contributed by atoms with Crippen molar-refractivity contribution in [2.75, 3.05) is 13.1 Å². The number of Topliss-reactive ketones (excluding diaryl/α,β-unsaturated/α-hetero) is 2. The Bertz CT molecular complexity index is 1410. The van der Waals surface area contributed by atoms with Crippen LogP contribution in [0.4, 0.5) is 0 Å². The van der Waals surface area contributed by atoms with E-state index in [0.29, 0.717) is 42.1 Å². The molecule has 3 fully saturated rings. The fourth-order valence-corrected chi connectivity index (χ4v) is 7.95. The topological polar surface area (TPSA) is 131 Å². The Morgan fingerprint density at radius 2 is 2.07 bits per heavy atom. The number of hydrogen-bond acceptors (Lipinski definition) is 9. The highest BCUT2D eigenvalue weighted by Crippen LogP contribution is 2.74. The van der Waals surface area contributed by atoms with E-state index in [1.807, 2.05) is 40.0 Å². The molecule has 226 valence electrons. The van der Waals surface area contributed by atoms with Gasteiger partial charge in [0.25, 0.3) is 0 Å². The van der Waals surface area contributed by atoms with Gasteiger partial charge in [-0.25, -0.2) is 0 Å². The predicted octanol–water partition coefficient (Wildman–Crippen LogP) is 3.63. The number of hydrogen-bond donors (Lipinski definition) is 2. The molecule has 10 heteroatoms. The third-order valence-corrected chi connectivity index (χ3v) is 9.70. The summed E-state index contributed by atoms with van der Waals surface area (Å²) in [7, 11) is 0. The van der Waals surface area contributed by atoms with Crippen LogP contribution >= 0.6 is 0 Å². The monoisotopic (exact) mass is 577 g/mol. The Balaban J connectivity index is 1.28. The number of allylic oxidation sites excluding steroid dienone is 2. The molecule has 2 aliphatic carbocycles. The number of ether oxygens (including phenoxy) is 3. The number of carbonyl (C=O) groups excluding carboxylic acids is 2. The molecule has 6 rings (SSSR count). The van der Waals surface area contributed by atoms with Crippen LogP contribution in [-0.2, 0) is 22.7 Å². The molecule has 10 nitrogen and oxygen atoms in total. The first-order valence-corrected chi connectivity index (χ1v) is 15.3. The normalized spacial score (nSPS) is 31.9. The van der Waals surface area contributed by atoms with Crippen LogP contribution in [0.25, 0.3) is 0 Å². The summed E-state index contributed by atoms with van der Waals surface area (Å²) in [4.78, 5) is 28.4. The predicted molar refractivity (Wildman–Crippen MR) is 156 cm³/mol. The van der Waals surface area contributed by atoms with E-state index in [1.54, 1.807) is 16.8 Å². The molecule has 3 N–H and O–H groups in total. The third-order valence-electron chi connectivity index (χ3n) is 9.70. The molecule has 2 bridgehead atoms. The van der Waals surface area contributed by atoms with Crippen molar-refractivity contribution < 1.29 is 23.8 Å². The van der Waals surface area contributed by atoms with Gasteiger partial charge in [-0.3, -0.25) is 14.3 Å². The van der Waals surface area contributed by atoms with E-state index in [0.717, 1.165) is 31.5 Å². The maximum absolute atomic E-state index is 14.5. The Morgan fingerprint density at radius 3 is 2.83 bits per heavy atom. The van der Waals surface area contributed by atoms with Crippen LogP contribution in [0.5, 0.6) is 11.5 Å². The molecule has 2 saturated carbocycles. The fraction of sp³-hybridized carbons (Fsp3) is 0.625. The molecule has 1 saturated heterocycles. The number of benzene rings is 1. The summed E-state index contributed by atoms with van der Waals surface area (Å²) in [5, 5.41) is 11.9. The zero-order valence-corrected chi connectivity index (χ0v) is 25.3. The lowest BCUT2D eigenvalue weighted by molar-refractivity contribution is -0.261. The van der Waals surface area contributed by atoms with Crippen LogP contribution in [0.2, 0.25) is 0 Å². The smallest absolute Gasteiger partial charge is 0.185 e. The van der Waals surface area contributed by atoms with Crippen LogP contribution < -0.4 is 20.5 Å². The standard InChI is InChI=1S/C32H43N5O5/c1-6-7-13-34-14-15-37-17-20(35-36-37)18-40-23-9-8-10-24-26(23)28(38)27-21(12-11-19(2)3)31-29(39)22(33)16-25(30(4,5)42-31)32(27,31)41-24/h8-11,17,21-22,25,27,34H,6-7,12-16,18,33H2,1-5H3. The highest BCUT2D eigenvalue weighted by atomic mass is 16.6. The second-order valence-electron chi connectivity index (χ2n) is 13.1. The van der Waals surface area contributed by atoms with Gasteiger partial charge in [0.1, 0.15) is 29.4 Å². The molecule has 6 unspecified atom stereocenters. The van der Waals surface area contributed by atoms with Gasteiger partial charge >= 0.3 is 0 Å². The molecule has 0 radical (unpaired) electrons. The van der Waals surface area contributed by atoms with Crippen molar-refractivity contribution in [2.24, 2.45) is 23.5 Å². The van der Waals surface area contributed by atoms with Crippen molar-refractivity contribution in [2.45, 2.75) is 96.3 Å². The molecule has 1 spiro atoms. The summed E-state index contributed by atoms with van der Waals surface area (Å²) in [5.74, 6) is -0.485. The van der Waals surface area contributed by atoms with E-state index in [9.17, 15) is 9.59 Å². The summed E-state index contributed by atoms with van der Waals surface area (Å²) >= 11 is 0. The molecule has 1 aromatic heterocycles. The number of unbranched alkanes of at least 4 members (excludes halogenated alkanes) is 1. The zero-order valence-electron chi connectivity index (χ0n) is 25.3. The number of nitrogens with two attached hydrogens (primary N) is 1. The van der Waals surface area contributed by atoms with E-state index in [-0.39, 0.29) is 30.0 Å². The first kappa shape index (κ1) is 29.0. The summed E-state index contributed by atoms with van der Waals surface area (Å²) in [5.41, 5.74) is 5.59. The van der Waals surface area contributed by atoms with Gasteiger partial charge in [0, 0.05) is 18.4 Å². The first-order chi connectivity index (χ1) is 20.1. The van der Waals surface area contributed by atoms with Crippen LogP contribution in [-0.4, -0.2) is 62.5 Å². The lowest BCUT2D eigenvalue weighted by atomic mass is 9.39. The van der Waals surface area contributed by atoms with Crippen molar-refractivity contribution >= 4 is 11.6 Å². The van der Waals surface area contributed by atoms with Crippen LogP contribution in [0.3, 0.4) is 0 Å². The SMILES string of the molecule is CCCCNCCn1cc(COc2cccc3c2C(=O)C2C(CC=C(C)C)C45OC(C)(C)C(CC(N)C4=O)C25O3)nn1. The van der Waals surface area contributed by atoms with Gasteiger partial charge in [0.05, 0.1) is 30.3 Å². The molecule has 0 amide bonds. The molecular weight excluding hydrogens is 534 g/mol. The summed E-state index contributed by atoms with van der Waals surface area (Å²) < 4.78 is 21.6.